The molecular weight excluding hydrogens is 188 g/mol. The Bertz CT molecular complexity index is 424. The smallest absolute Gasteiger partial charge is 0.151 e. The zero-order valence-electron chi connectivity index (χ0n) is 8.46. The number of hydrogen-bond donors (Lipinski definition) is 1. The third kappa shape index (κ3) is 2.04. The highest BCUT2D eigenvalue weighted by molar-refractivity contribution is 5.60. The lowest BCUT2D eigenvalue weighted by atomic mass is 10.2. The molecule has 4 heteroatoms. The monoisotopic (exact) mass is 200 g/mol. The maximum Gasteiger partial charge on any atom is 0.151 e. The zero-order valence-corrected chi connectivity index (χ0v) is 8.46. The number of aromatic nitrogens is 2. The van der Waals surface area contributed by atoms with Crippen molar-refractivity contribution in [2.75, 3.05) is 17.7 Å². The van der Waals surface area contributed by atoms with Gasteiger partial charge in [-0.05, 0) is 24.3 Å². The Morgan fingerprint density at radius 2 is 1.87 bits per heavy atom. The molecular formula is C11H12N4. The molecule has 0 saturated carbocycles. The van der Waals surface area contributed by atoms with Crippen molar-refractivity contribution in [2.45, 2.75) is 0 Å². The van der Waals surface area contributed by atoms with Crippen molar-refractivity contribution in [1.82, 2.24) is 9.97 Å². The first-order chi connectivity index (χ1) is 7.27. The van der Waals surface area contributed by atoms with Gasteiger partial charge in [0.15, 0.2) is 5.82 Å². The van der Waals surface area contributed by atoms with Gasteiger partial charge < -0.3 is 10.6 Å². The van der Waals surface area contributed by atoms with Crippen LogP contribution in [0, 0.1) is 0 Å². The number of hydrogen-bond acceptors (Lipinski definition) is 4. The molecule has 1 heterocycles. The molecule has 0 fully saturated rings. The van der Waals surface area contributed by atoms with Crippen molar-refractivity contribution in [3.63, 3.8) is 0 Å². The van der Waals surface area contributed by atoms with Crippen LogP contribution >= 0.6 is 0 Å². The summed E-state index contributed by atoms with van der Waals surface area (Å²) in [5.74, 6) is 0.808. The van der Waals surface area contributed by atoms with Crippen LogP contribution in [0.3, 0.4) is 0 Å². The first kappa shape index (κ1) is 9.45. The van der Waals surface area contributed by atoms with Crippen LogP contribution in [0.1, 0.15) is 0 Å². The molecule has 2 aromatic rings. The average Bonchev–Trinajstić information content (AvgIpc) is 2.30. The molecule has 2 N–H and O–H groups in total. The van der Waals surface area contributed by atoms with Crippen molar-refractivity contribution in [3.8, 4) is 0 Å². The largest absolute Gasteiger partial charge is 0.399 e. The van der Waals surface area contributed by atoms with E-state index in [0.29, 0.717) is 0 Å². The van der Waals surface area contributed by atoms with Crippen LogP contribution in [0.5, 0.6) is 0 Å². The summed E-state index contributed by atoms with van der Waals surface area (Å²) in [5.41, 5.74) is 7.41. The first-order valence-corrected chi connectivity index (χ1v) is 4.62. The molecule has 76 valence electrons. The minimum atomic E-state index is 0.756. The first-order valence-electron chi connectivity index (χ1n) is 4.62. The average molecular weight is 200 g/mol. The number of nitrogen functional groups attached to an aromatic ring is 1. The van der Waals surface area contributed by atoms with E-state index in [4.69, 9.17) is 5.73 Å². The fraction of sp³-hybridized carbons (Fsp3) is 0.0909. The number of rotatable bonds is 2. The molecule has 0 radical (unpaired) electrons. The van der Waals surface area contributed by atoms with Crippen molar-refractivity contribution in [3.05, 3.63) is 42.9 Å². The van der Waals surface area contributed by atoms with E-state index in [0.717, 1.165) is 17.2 Å². The van der Waals surface area contributed by atoms with Crippen molar-refractivity contribution >= 4 is 17.2 Å². The van der Waals surface area contributed by atoms with Gasteiger partial charge in [-0.1, -0.05) is 0 Å². The Balaban J connectivity index is 2.29. The van der Waals surface area contributed by atoms with Gasteiger partial charge in [0.25, 0.3) is 0 Å². The van der Waals surface area contributed by atoms with E-state index in [1.54, 1.807) is 18.6 Å². The fourth-order valence-corrected chi connectivity index (χ4v) is 1.29. The number of anilines is 3. The number of benzene rings is 1. The van der Waals surface area contributed by atoms with Crippen molar-refractivity contribution in [2.24, 2.45) is 0 Å². The summed E-state index contributed by atoms with van der Waals surface area (Å²) in [6, 6.07) is 7.62. The highest BCUT2D eigenvalue weighted by Gasteiger charge is 2.03. The lowest BCUT2D eigenvalue weighted by Gasteiger charge is -2.17. The van der Waals surface area contributed by atoms with E-state index in [2.05, 4.69) is 9.97 Å². The van der Waals surface area contributed by atoms with Gasteiger partial charge in [-0.25, -0.2) is 4.98 Å². The summed E-state index contributed by atoms with van der Waals surface area (Å²) in [6.07, 6.45) is 5.04. The summed E-state index contributed by atoms with van der Waals surface area (Å²) >= 11 is 0. The second-order valence-corrected chi connectivity index (χ2v) is 3.21. The molecule has 0 spiro atoms. The molecule has 2 rings (SSSR count). The summed E-state index contributed by atoms with van der Waals surface area (Å²) < 4.78 is 0. The highest BCUT2D eigenvalue weighted by Crippen LogP contribution is 2.21. The van der Waals surface area contributed by atoms with Crippen molar-refractivity contribution in [1.29, 1.82) is 0 Å². The predicted molar refractivity (Wildman–Crippen MR) is 60.9 cm³/mol. The standard InChI is InChI=1S/C11H12N4/c1-15(11-8-13-6-7-14-11)10-4-2-9(12)3-5-10/h2-8H,12H2,1H3. The van der Waals surface area contributed by atoms with Crippen LogP contribution < -0.4 is 10.6 Å². The SMILES string of the molecule is CN(c1ccc(N)cc1)c1cnccn1. The van der Waals surface area contributed by atoms with E-state index in [1.165, 1.54) is 0 Å². The fourth-order valence-electron chi connectivity index (χ4n) is 1.29. The van der Waals surface area contributed by atoms with Gasteiger partial charge in [-0.3, -0.25) is 4.98 Å². The Kier molecular flexibility index (Phi) is 2.49. The van der Waals surface area contributed by atoms with Crippen LogP contribution in [-0.4, -0.2) is 17.0 Å². The topological polar surface area (TPSA) is 55.0 Å². The van der Waals surface area contributed by atoms with Gasteiger partial charge in [0.2, 0.25) is 0 Å². The molecule has 0 aliphatic carbocycles. The number of nitrogens with two attached hydrogens (primary N) is 1. The van der Waals surface area contributed by atoms with Gasteiger partial charge in [-0.2, -0.15) is 0 Å². The molecule has 0 saturated heterocycles. The Morgan fingerprint density at radius 1 is 1.13 bits per heavy atom. The molecule has 1 aromatic heterocycles. The normalized spacial score (nSPS) is 9.93. The molecule has 1 aromatic carbocycles. The molecule has 0 aliphatic rings. The van der Waals surface area contributed by atoms with Crippen LogP contribution in [0.4, 0.5) is 17.2 Å². The third-order valence-electron chi connectivity index (χ3n) is 2.17. The molecule has 0 aliphatic heterocycles. The van der Waals surface area contributed by atoms with Crippen molar-refractivity contribution < 1.29 is 0 Å². The van der Waals surface area contributed by atoms with Gasteiger partial charge in [0.05, 0.1) is 6.20 Å². The van der Waals surface area contributed by atoms with Gasteiger partial charge in [0, 0.05) is 30.8 Å². The lowest BCUT2D eigenvalue weighted by Crippen LogP contribution is -2.11. The van der Waals surface area contributed by atoms with E-state index < -0.39 is 0 Å². The molecule has 15 heavy (non-hydrogen) atoms. The zero-order chi connectivity index (χ0) is 10.7. The van der Waals surface area contributed by atoms with Gasteiger partial charge in [-0.15, -0.1) is 0 Å². The molecule has 4 nitrogen and oxygen atoms in total. The molecule has 0 atom stereocenters. The minimum absolute atomic E-state index is 0.756. The quantitative estimate of drug-likeness (QED) is 0.751. The molecule has 0 unspecified atom stereocenters. The van der Waals surface area contributed by atoms with Gasteiger partial charge in [0.1, 0.15) is 0 Å². The maximum atomic E-state index is 5.62. The molecule has 0 amide bonds. The van der Waals surface area contributed by atoms with Crippen LogP contribution in [0.2, 0.25) is 0 Å². The van der Waals surface area contributed by atoms with Crippen LogP contribution in [0.15, 0.2) is 42.9 Å². The van der Waals surface area contributed by atoms with Gasteiger partial charge >= 0.3 is 0 Å². The predicted octanol–water partition coefficient (Wildman–Crippen LogP) is 1.83. The second kappa shape index (κ2) is 3.96. The van der Waals surface area contributed by atoms with E-state index in [1.807, 2.05) is 36.2 Å². The maximum absolute atomic E-state index is 5.62. The van der Waals surface area contributed by atoms with Crippen LogP contribution in [0.25, 0.3) is 0 Å². The van der Waals surface area contributed by atoms with Crippen LogP contribution in [-0.2, 0) is 0 Å². The minimum Gasteiger partial charge on any atom is -0.399 e. The van der Waals surface area contributed by atoms with E-state index in [-0.39, 0.29) is 0 Å². The molecule has 0 bridgehead atoms. The summed E-state index contributed by atoms with van der Waals surface area (Å²) in [7, 11) is 1.94. The second-order valence-electron chi connectivity index (χ2n) is 3.21. The number of nitrogens with zero attached hydrogens (tertiary/aromatic N) is 3. The Morgan fingerprint density at radius 3 is 2.47 bits per heavy atom. The van der Waals surface area contributed by atoms with E-state index >= 15 is 0 Å². The third-order valence-corrected chi connectivity index (χ3v) is 2.17. The Hall–Kier alpha value is -2.10. The summed E-state index contributed by atoms with van der Waals surface area (Å²) in [5, 5.41) is 0. The summed E-state index contributed by atoms with van der Waals surface area (Å²) in [4.78, 5) is 10.2. The summed E-state index contributed by atoms with van der Waals surface area (Å²) in [6.45, 7) is 0. The highest BCUT2D eigenvalue weighted by atomic mass is 15.2. The van der Waals surface area contributed by atoms with E-state index in [9.17, 15) is 0 Å². The Labute approximate surface area is 88.4 Å². The lowest BCUT2D eigenvalue weighted by molar-refractivity contribution is 1.09.